The molecule has 4 aliphatic heterocycles. The summed E-state index contributed by atoms with van der Waals surface area (Å²) in [6.45, 7) is 25.8. The molecule has 0 bridgehead atoms. The first-order valence-corrected chi connectivity index (χ1v) is 15.6. The summed E-state index contributed by atoms with van der Waals surface area (Å²) in [5, 5.41) is 0. The Hall–Kier alpha value is -2.12. The van der Waals surface area contributed by atoms with E-state index in [2.05, 4.69) is 89.5 Å². The Morgan fingerprint density at radius 3 is 1.10 bits per heavy atom. The van der Waals surface area contributed by atoms with Gasteiger partial charge in [0.15, 0.2) is 0 Å². The van der Waals surface area contributed by atoms with Crippen molar-refractivity contribution >= 4 is 11.4 Å². The highest BCUT2D eigenvalue weighted by Crippen LogP contribution is 2.40. The van der Waals surface area contributed by atoms with Gasteiger partial charge in [-0.2, -0.15) is 0 Å². The van der Waals surface area contributed by atoms with Crippen molar-refractivity contribution in [3.8, 4) is 0 Å². The molecule has 2 aromatic carbocycles. The molecule has 0 saturated carbocycles. The van der Waals surface area contributed by atoms with Gasteiger partial charge in [-0.3, -0.25) is 0 Å². The number of rotatable bonds is 12. The van der Waals surface area contributed by atoms with Gasteiger partial charge in [-0.1, -0.05) is 65.8 Å². The number of aryl methyl sites for hydroxylation is 2. The molecule has 4 heterocycles. The van der Waals surface area contributed by atoms with E-state index in [1.807, 2.05) is 0 Å². The fraction of sp³-hybridized carbons (Fsp3) is 0.657. The molecule has 2 aromatic rings. The molecule has 4 saturated heterocycles. The number of epoxide rings is 4. The molecule has 0 radical (unpaired) electrons. The van der Waals surface area contributed by atoms with Crippen LogP contribution < -0.4 is 9.80 Å². The quantitative estimate of drug-likeness (QED) is 0.310. The maximum Gasteiger partial charge on any atom is 0.0984 e. The molecule has 4 unspecified atom stereocenters. The maximum absolute atomic E-state index is 5.66. The minimum absolute atomic E-state index is 0.0236. The molecule has 6 rings (SSSR count). The summed E-state index contributed by atoms with van der Waals surface area (Å²) >= 11 is 0. The number of benzene rings is 2. The topological polar surface area (TPSA) is 56.6 Å². The molecule has 4 fully saturated rings. The van der Waals surface area contributed by atoms with Crippen LogP contribution >= 0.6 is 0 Å². The van der Waals surface area contributed by atoms with Crippen molar-refractivity contribution < 1.29 is 18.9 Å². The third-order valence-electron chi connectivity index (χ3n) is 8.68. The van der Waals surface area contributed by atoms with Gasteiger partial charge in [0.25, 0.3) is 0 Å². The second kappa shape index (κ2) is 10.9. The second-order valence-corrected chi connectivity index (χ2v) is 14.9. The second-order valence-electron chi connectivity index (χ2n) is 14.9. The minimum atomic E-state index is 0.0236. The van der Waals surface area contributed by atoms with Crippen LogP contribution in [0.3, 0.4) is 0 Å². The SMILES string of the molecule is Cc1cc(Cc2cc(C)c(N(CC3CO3)CC3CO3)c(C(C)(C)C)c2)cc(C(C)(C)C)c1N(CC1CO1)CC1CO1. The number of ether oxygens (including phenoxy) is 4. The predicted octanol–water partition coefficient (Wildman–Crippen LogP) is 5.70. The lowest BCUT2D eigenvalue weighted by Crippen LogP contribution is -2.34. The molecule has 4 aliphatic rings. The lowest BCUT2D eigenvalue weighted by Gasteiger charge is -2.34. The van der Waals surface area contributed by atoms with Crippen LogP contribution in [0.4, 0.5) is 11.4 Å². The van der Waals surface area contributed by atoms with E-state index in [4.69, 9.17) is 18.9 Å². The highest BCUT2D eigenvalue weighted by atomic mass is 16.6. The van der Waals surface area contributed by atoms with Gasteiger partial charge in [-0.15, -0.1) is 0 Å². The van der Waals surface area contributed by atoms with Gasteiger partial charge in [0.2, 0.25) is 0 Å². The van der Waals surface area contributed by atoms with Crippen molar-refractivity contribution in [3.63, 3.8) is 0 Å². The molecule has 224 valence electrons. The Morgan fingerprint density at radius 2 is 0.854 bits per heavy atom. The van der Waals surface area contributed by atoms with E-state index in [0.29, 0.717) is 24.4 Å². The molecule has 0 N–H and O–H groups in total. The van der Waals surface area contributed by atoms with E-state index in [0.717, 1.165) is 59.0 Å². The van der Waals surface area contributed by atoms with E-state index >= 15 is 0 Å². The molecule has 6 nitrogen and oxygen atoms in total. The first kappa shape index (κ1) is 29.0. The Kier molecular flexibility index (Phi) is 7.67. The van der Waals surface area contributed by atoms with E-state index in [1.165, 1.54) is 44.8 Å². The predicted molar refractivity (Wildman–Crippen MR) is 166 cm³/mol. The molecule has 41 heavy (non-hydrogen) atoms. The fourth-order valence-corrected chi connectivity index (χ4v) is 6.32. The van der Waals surface area contributed by atoms with E-state index < -0.39 is 0 Å². The standard InChI is InChI=1S/C35H50N2O4/c1-22-9-24(12-30(34(3,4)5)32(22)36(14-26-18-38-26)15-27-19-39-27)11-25-10-23(2)33(31(13-25)35(6,7)8)37(16-28-20-40-28)17-29-21-41-29/h9-10,12-13,26-29H,11,14-21H2,1-8H3. The summed E-state index contributed by atoms with van der Waals surface area (Å²) < 4.78 is 22.6. The average molecular weight is 563 g/mol. The van der Waals surface area contributed by atoms with Gasteiger partial charge in [0.05, 0.1) is 50.8 Å². The fourth-order valence-electron chi connectivity index (χ4n) is 6.32. The number of anilines is 2. The van der Waals surface area contributed by atoms with Crippen molar-refractivity contribution in [3.05, 3.63) is 57.6 Å². The average Bonchev–Trinajstić information content (AvgIpc) is 3.69. The smallest absolute Gasteiger partial charge is 0.0984 e. The molecule has 0 aliphatic carbocycles. The summed E-state index contributed by atoms with van der Waals surface area (Å²) in [6.07, 6.45) is 2.29. The maximum atomic E-state index is 5.66. The zero-order valence-electron chi connectivity index (χ0n) is 26.5. The van der Waals surface area contributed by atoms with Crippen LogP contribution in [0.25, 0.3) is 0 Å². The zero-order chi connectivity index (χ0) is 29.1. The number of hydrogen-bond acceptors (Lipinski definition) is 6. The highest BCUT2D eigenvalue weighted by molar-refractivity contribution is 5.66. The molecule has 6 heteroatoms. The minimum Gasteiger partial charge on any atom is -0.371 e. The van der Waals surface area contributed by atoms with Gasteiger partial charge in [-0.05, 0) is 64.5 Å². The number of hydrogen-bond donors (Lipinski definition) is 0. The molecular formula is C35H50N2O4. The van der Waals surface area contributed by atoms with Crippen molar-refractivity contribution in [2.75, 3.05) is 62.4 Å². The van der Waals surface area contributed by atoms with Gasteiger partial charge >= 0.3 is 0 Å². The summed E-state index contributed by atoms with van der Waals surface area (Å²) in [5.41, 5.74) is 11.1. The Balaban J connectivity index is 1.34. The van der Waals surface area contributed by atoms with Gasteiger partial charge in [-0.25, -0.2) is 0 Å². The Bertz CT molecular complexity index is 1130. The third-order valence-corrected chi connectivity index (χ3v) is 8.68. The zero-order valence-corrected chi connectivity index (χ0v) is 26.5. The van der Waals surface area contributed by atoms with Crippen LogP contribution in [0.2, 0.25) is 0 Å². The summed E-state index contributed by atoms with van der Waals surface area (Å²) in [7, 11) is 0. The van der Waals surface area contributed by atoms with Crippen molar-refractivity contribution in [1.82, 2.24) is 0 Å². The molecule has 0 spiro atoms. The Labute approximate surface area is 247 Å². The summed E-state index contributed by atoms with van der Waals surface area (Å²) in [4.78, 5) is 5.07. The third kappa shape index (κ3) is 7.27. The van der Waals surface area contributed by atoms with Crippen LogP contribution in [-0.4, -0.2) is 77.0 Å². The van der Waals surface area contributed by atoms with E-state index in [-0.39, 0.29) is 10.8 Å². The van der Waals surface area contributed by atoms with Crippen molar-refractivity contribution in [2.24, 2.45) is 0 Å². The van der Waals surface area contributed by atoms with Crippen LogP contribution in [0.5, 0.6) is 0 Å². The van der Waals surface area contributed by atoms with E-state index in [1.54, 1.807) is 0 Å². The van der Waals surface area contributed by atoms with Gasteiger partial charge < -0.3 is 28.7 Å². The normalized spacial score (nSPS) is 24.8. The van der Waals surface area contributed by atoms with Crippen molar-refractivity contribution in [1.29, 1.82) is 0 Å². The lowest BCUT2D eigenvalue weighted by molar-refractivity contribution is 0.388. The monoisotopic (exact) mass is 562 g/mol. The van der Waals surface area contributed by atoms with Crippen LogP contribution in [0, 0.1) is 13.8 Å². The first-order chi connectivity index (χ1) is 19.3. The molecule has 0 aromatic heterocycles. The van der Waals surface area contributed by atoms with Crippen LogP contribution in [0.15, 0.2) is 24.3 Å². The van der Waals surface area contributed by atoms with E-state index in [9.17, 15) is 0 Å². The van der Waals surface area contributed by atoms with Crippen LogP contribution in [-0.2, 0) is 36.2 Å². The summed E-state index contributed by atoms with van der Waals surface area (Å²) in [6, 6.07) is 9.77. The first-order valence-electron chi connectivity index (χ1n) is 15.6. The molecule has 0 amide bonds. The highest BCUT2D eigenvalue weighted by Gasteiger charge is 2.35. The van der Waals surface area contributed by atoms with Gasteiger partial charge in [0, 0.05) is 37.6 Å². The number of nitrogens with zero attached hydrogens (tertiary/aromatic N) is 2. The molecule has 4 atom stereocenters. The molecular weight excluding hydrogens is 512 g/mol. The summed E-state index contributed by atoms with van der Waals surface area (Å²) in [5.74, 6) is 0. The Morgan fingerprint density at radius 1 is 0.561 bits per heavy atom. The van der Waals surface area contributed by atoms with Crippen LogP contribution in [0.1, 0.15) is 74.9 Å². The lowest BCUT2D eigenvalue weighted by atomic mass is 9.80. The van der Waals surface area contributed by atoms with Gasteiger partial charge in [0.1, 0.15) is 0 Å². The van der Waals surface area contributed by atoms with Crippen molar-refractivity contribution in [2.45, 2.75) is 97.1 Å². The largest absolute Gasteiger partial charge is 0.371 e.